The van der Waals surface area contributed by atoms with E-state index in [-0.39, 0.29) is 10.9 Å². The van der Waals surface area contributed by atoms with Gasteiger partial charge in [-0.05, 0) is 12.1 Å². The van der Waals surface area contributed by atoms with Crippen molar-refractivity contribution in [3.63, 3.8) is 0 Å². The minimum Gasteiger partial charge on any atom is -0.497 e. The second kappa shape index (κ2) is 5.44. The molecule has 1 atom stereocenters. The maximum absolute atomic E-state index is 11.8. The van der Waals surface area contributed by atoms with Crippen molar-refractivity contribution >= 4 is 23.1 Å². The molecule has 1 fully saturated rings. The maximum Gasteiger partial charge on any atom is 0.263 e. The number of methoxy groups -OCH3 is 1. The van der Waals surface area contributed by atoms with Crippen molar-refractivity contribution in [1.82, 2.24) is 4.90 Å². The van der Waals surface area contributed by atoms with Gasteiger partial charge in [-0.15, -0.1) is 0 Å². The van der Waals surface area contributed by atoms with E-state index in [1.807, 2.05) is 0 Å². The minimum absolute atomic E-state index is 0.0142. The number of nitrogens with two attached hydrogens (primary N) is 1. The highest BCUT2D eigenvalue weighted by Crippen LogP contribution is 2.25. The molecule has 0 aliphatic carbocycles. The first-order valence-electron chi connectivity index (χ1n) is 5.92. The standard InChI is InChI=1S/C13H16N2O3S/c1-15-4-3-11(13(15)16)18-10-6-8(12(14)19)5-9(7-10)17-2/h5-7,11H,3-4H2,1-2H3,(H2,14,19). The monoisotopic (exact) mass is 280 g/mol. The first-order valence-corrected chi connectivity index (χ1v) is 6.32. The predicted octanol–water partition coefficient (Wildman–Crippen LogP) is 0.939. The fourth-order valence-corrected chi connectivity index (χ4v) is 2.08. The molecule has 0 radical (unpaired) electrons. The van der Waals surface area contributed by atoms with Crippen molar-refractivity contribution in [3.05, 3.63) is 23.8 Å². The van der Waals surface area contributed by atoms with Gasteiger partial charge in [-0.3, -0.25) is 4.79 Å². The number of likely N-dealkylation sites (tertiary alicyclic amines) is 1. The molecule has 0 saturated carbocycles. The first kappa shape index (κ1) is 13.6. The number of hydrogen-bond acceptors (Lipinski definition) is 4. The number of thiocarbonyl (C=S) groups is 1. The number of nitrogens with zero attached hydrogens (tertiary/aromatic N) is 1. The number of carbonyl (C=O) groups is 1. The average Bonchev–Trinajstić information content (AvgIpc) is 2.70. The molecule has 5 nitrogen and oxygen atoms in total. The van der Waals surface area contributed by atoms with Crippen molar-refractivity contribution in [1.29, 1.82) is 0 Å². The summed E-state index contributed by atoms with van der Waals surface area (Å²) >= 11 is 4.95. The van der Waals surface area contributed by atoms with Gasteiger partial charge in [0.05, 0.1) is 7.11 Å². The van der Waals surface area contributed by atoms with Gasteiger partial charge < -0.3 is 20.1 Å². The molecule has 2 rings (SSSR count). The van der Waals surface area contributed by atoms with Gasteiger partial charge in [0, 0.05) is 31.6 Å². The second-order valence-corrected chi connectivity index (χ2v) is 4.86. The van der Waals surface area contributed by atoms with Crippen LogP contribution in [-0.4, -0.2) is 42.6 Å². The Morgan fingerprint density at radius 3 is 2.63 bits per heavy atom. The molecular weight excluding hydrogens is 264 g/mol. The molecule has 0 spiro atoms. The highest BCUT2D eigenvalue weighted by Gasteiger charge is 2.30. The number of likely N-dealkylation sites (N-methyl/N-ethyl adjacent to an activating group) is 1. The zero-order chi connectivity index (χ0) is 14.0. The van der Waals surface area contributed by atoms with E-state index in [1.54, 1.807) is 37.3 Å². The Hall–Kier alpha value is -1.82. The van der Waals surface area contributed by atoms with Gasteiger partial charge in [0.2, 0.25) is 0 Å². The maximum atomic E-state index is 11.8. The van der Waals surface area contributed by atoms with Gasteiger partial charge in [-0.1, -0.05) is 12.2 Å². The van der Waals surface area contributed by atoms with Gasteiger partial charge >= 0.3 is 0 Å². The third-order valence-electron chi connectivity index (χ3n) is 3.06. The fourth-order valence-electron chi connectivity index (χ4n) is 1.96. The summed E-state index contributed by atoms with van der Waals surface area (Å²) in [5.74, 6) is 1.12. The summed E-state index contributed by atoms with van der Waals surface area (Å²) in [7, 11) is 3.31. The Kier molecular flexibility index (Phi) is 3.90. The van der Waals surface area contributed by atoms with Crippen LogP contribution >= 0.6 is 12.2 Å². The van der Waals surface area contributed by atoms with Crippen LogP contribution in [0.5, 0.6) is 11.5 Å². The van der Waals surface area contributed by atoms with Gasteiger partial charge in [0.1, 0.15) is 16.5 Å². The van der Waals surface area contributed by atoms with Crippen LogP contribution in [-0.2, 0) is 4.79 Å². The van der Waals surface area contributed by atoms with Crippen LogP contribution in [0.3, 0.4) is 0 Å². The van der Waals surface area contributed by atoms with Crippen LogP contribution < -0.4 is 15.2 Å². The van der Waals surface area contributed by atoms with Crippen molar-refractivity contribution in [2.45, 2.75) is 12.5 Å². The van der Waals surface area contributed by atoms with Gasteiger partial charge in [0.15, 0.2) is 6.10 Å². The Morgan fingerprint density at radius 2 is 2.11 bits per heavy atom. The third-order valence-corrected chi connectivity index (χ3v) is 3.29. The van der Waals surface area contributed by atoms with E-state index in [1.165, 1.54) is 0 Å². The molecule has 2 N–H and O–H groups in total. The summed E-state index contributed by atoms with van der Waals surface area (Å²) in [6.07, 6.45) is 0.228. The summed E-state index contributed by atoms with van der Waals surface area (Å²) in [5.41, 5.74) is 6.26. The number of amides is 1. The van der Waals surface area contributed by atoms with Crippen molar-refractivity contribution in [3.8, 4) is 11.5 Å². The van der Waals surface area contributed by atoms with Crippen molar-refractivity contribution in [2.75, 3.05) is 20.7 Å². The second-order valence-electron chi connectivity index (χ2n) is 4.42. The number of benzene rings is 1. The SMILES string of the molecule is COc1cc(OC2CCN(C)C2=O)cc(C(N)=S)c1. The predicted molar refractivity (Wildman–Crippen MR) is 75.6 cm³/mol. The summed E-state index contributed by atoms with van der Waals surface area (Å²) in [6.45, 7) is 0.704. The minimum atomic E-state index is -0.448. The van der Waals surface area contributed by atoms with Crippen LogP contribution in [0.2, 0.25) is 0 Å². The van der Waals surface area contributed by atoms with E-state index in [2.05, 4.69) is 0 Å². The van der Waals surface area contributed by atoms with Crippen LogP contribution in [0.4, 0.5) is 0 Å². The highest BCUT2D eigenvalue weighted by atomic mass is 32.1. The molecule has 0 aromatic heterocycles. The normalized spacial score (nSPS) is 18.5. The first-order chi connectivity index (χ1) is 9.01. The number of rotatable bonds is 4. The Balaban J connectivity index is 2.22. The topological polar surface area (TPSA) is 64.8 Å². The van der Waals surface area contributed by atoms with Crippen LogP contribution in [0.1, 0.15) is 12.0 Å². The van der Waals surface area contributed by atoms with E-state index in [4.69, 9.17) is 27.4 Å². The lowest BCUT2D eigenvalue weighted by molar-refractivity contribution is -0.132. The van der Waals surface area contributed by atoms with E-state index in [9.17, 15) is 4.79 Å². The Labute approximate surface area is 117 Å². The summed E-state index contributed by atoms with van der Waals surface area (Å²) in [5, 5.41) is 0. The molecule has 1 aromatic carbocycles. The lowest BCUT2D eigenvalue weighted by Gasteiger charge is -2.14. The number of hydrogen-bond donors (Lipinski definition) is 1. The highest BCUT2D eigenvalue weighted by molar-refractivity contribution is 7.80. The largest absolute Gasteiger partial charge is 0.497 e. The molecular formula is C13H16N2O3S. The smallest absolute Gasteiger partial charge is 0.263 e. The van der Waals surface area contributed by atoms with Gasteiger partial charge in [-0.25, -0.2) is 0 Å². The summed E-state index contributed by atoms with van der Waals surface area (Å²) < 4.78 is 10.9. The molecule has 102 valence electrons. The molecule has 1 amide bonds. The molecule has 1 aliphatic rings. The molecule has 1 saturated heterocycles. The molecule has 0 bridgehead atoms. The Morgan fingerprint density at radius 1 is 1.42 bits per heavy atom. The molecule has 1 aliphatic heterocycles. The Bertz CT molecular complexity index is 519. The molecule has 1 heterocycles. The van der Waals surface area contributed by atoms with E-state index in [0.29, 0.717) is 30.0 Å². The van der Waals surface area contributed by atoms with Crippen LogP contribution in [0.15, 0.2) is 18.2 Å². The molecule has 19 heavy (non-hydrogen) atoms. The van der Waals surface area contributed by atoms with Crippen LogP contribution in [0, 0.1) is 0 Å². The summed E-state index contributed by atoms with van der Waals surface area (Å²) in [6, 6.07) is 5.17. The van der Waals surface area contributed by atoms with E-state index in [0.717, 1.165) is 0 Å². The molecule has 1 aromatic rings. The van der Waals surface area contributed by atoms with Crippen molar-refractivity contribution in [2.24, 2.45) is 5.73 Å². The lowest BCUT2D eigenvalue weighted by Crippen LogP contribution is -2.29. The number of ether oxygens (including phenoxy) is 2. The van der Waals surface area contributed by atoms with Crippen molar-refractivity contribution < 1.29 is 14.3 Å². The number of carbonyl (C=O) groups excluding carboxylic acids is 1. The van der Waals surface area contributed by atoms with Crippen LogP contribution in [0.25, 0.3) is 0 Å². The summed E-state index contributed by atoms with van der Waals surface area (Å²) in [4.78, 5) is 13.7. The zero-order valence-corrected chi connectivity index (χ0v) is 11.7. The molecule has 6 heteroatoms. The average molecular weight is 280 g/mol. The van der Waals surface area contributed by atoms with E-state index < -0.39 is 6.10 Å². The fraction of sp³-hybridized carbons (Fsp3) is 0.385. The lowest BCUT2D eigenvalue weighted by atomic mass is 10.2. The third kappa shape index (κ3) is 2.96. The van der Waals surface area contributed by atoms with Gasteiger partial charge in [-0.2, -0.15) is 0 Å². The quantitative estimate of drug-likeness (QED) is 0.832. The van der Waals surface area contributed by atoms with E-state index >= 15 is 0 Å². The van der Waals surface area contributed by atoms with Gasteiger partial charge in [0.25, 0.3) is 5.91 Å². The molecule has 1 unspecified atom stereocenters. The zero-order valence-electron chi connectivity index (χ0n) is 10.9.